The number of hydrogen-bond donors (Lipinski definition) is 2. The van der Waals surface area contributed by atoms with Crippen molar-refractivity contribution in [1.82, 2.24) is 5.32 Å². The molecule has 0 saturated heterocycles. The molecule has 0 spiro atoms. The fourth-order valence-corrected chi connectivity index (χ4v) is 1.33. The molecule has 0 amide bonds. The summed E-state index contributed by atoms with van der Waals surface area (Å²) in [6.07, 6.45) is 7.30. The first-order valence-corrected chi connectivity index (χ1v) is 4.83. The standard InChI is InChI=1S/C12H13N3/c13-12-14-9-8-11(15-12)7-6-10-4-2-1-3-5-10/h1-9,12,15H,13H2. The van der Waals surface area contributed by atoms with Gasteiger partial charge in [0.25, 0.3) is 0 Å². The van der Waals surface area contributed by atoms with Crippen LogP contribution in [0.2, 0.25) is 0 Å². The van der Waals surface area contributed by atoms with Crippen LogP contribution in [0.1, 0.15) is 5.56 Å². The second-order valence-corrected chi connectivity index (χ2v) is 3.25. The predicted molar refractivity (Wildman–Crippen MR) is 63.2 cm³/mol. The van der Waals surface area contributed by atoms with Crippen LogP contribution in [0.15, 0.2) is 53.2 Å². The Hall–Kier alpha value is -1.87. The topological polar surface area (TPSA) is 50.4 Å². The lowest BCUT2D eigenvalue weighted by Gasteiger charge is -2.14. The fourth-order valence-electron chi connectivity index (χ4n) is 1.33. The molecule has 1 aromatic rings. The highest BCUT2D eigenvalue weighted by atomic mass is 15.2. The van der Waals surface area contributed by atoms with E-state index in [4.69, 9.17) is 5.73 Å². The van der Waals surface area contributed by atoms with Crippen molar-refractivity contribution in [3.05, 3.63) is 53.7 Å². The minimum absolute atomic E-state index is 0.328. The summed E-state index contributed by atoms with van der Waals surface area (Å²) in [6, 6.07) is 10.1. The third kappa shape index (κ3) is 2.79. The molecule has 3 N–H and O–H groups in total. The van der Waals surface area contributed by atoms with Gasteiger partial charge in [0.05, 0.1) is 0 Å². The average molecular weight is 199 g/mol. The van der Waals surface area contributed by atoms with Crippen LogP contribution < -0.4 is 11.1 Å². The zero-order valence-corrected chi connectivity index (χ0v) is 8.30. The van der Waals surface area contributed by atoms with Gasteiger partial charge in [0, 0.05) is 11.9 Å². The lowest BCUT2D eigenvalue weighted by molar-refractivity contribution is 0.621. The Morgan fingerprint density at radius 3 is 2.73 bits per heavy atom. The Bertz CT molecular complexity index is 404. The molecule has 1 atom stereocenters. The Morgan fingerprint density at radius 2 is 2.00 bits per heavy atom. The highest BCUT2D eigenvalue weighted by Gasteiger charge is 2.01. The van der Waals surface area contributed by atoms with Gasteiger partial charge < -0.3 is 5.32 Å². The van der Waals surface area contributed by atoms with Gasteiger partial charge >= 0.3 is 0 Å². The number of rotatable bonds is 2. The molecule has 0 bridgehead atoms. The van der Waals surface area contributed by atoms with Gasteiger partial charge in [0.2, 0.25) is 0 Å². The van der Waals surface area contributed by atoms with Crippen LogP contribution in [0.25, 0.3) is 6.08 Å². The summed E-state index contributed by atoms with van der Waals surface area (Å²) in [4.78, 5) is 3.97. The van der Waals surface area contributed by atoms with E-state index in [0.717, 1.165) is 11.3 Å². The minimum atomic E-state index is -0.328. The van der Waals surface area contributed by atoms with Gasteiger partial charge in [-0.2, -0.15) is 0 Å². The summed E-state index contributed by atoms with van der Waals surface area (Å²) in [6.45, 7) is 0. The number of nitrogens with zero attached hydrogens (tertiary/aromatic N) is 1. The maximum Gasteiger partial charge on any atom is 0.171 e. The van der Waals surface area contributed by atoms with Crippen molar-refractivity contribution in [2.45, 2.75) is 6.29 Å². The SMILES string of the molecule is NC1N=CC=C(C=Cc2ccccc2)N1. The highest BCUT2D eigenvalue weighted by molar-refractivity contribution is 5.74. The van der Waals surface area contributed by atoms with Crippen LogP contribution in [0.3, 0.4) is 0 Å². The van der Waals surface area contributed by atoms with Crippen LogP contribution in [-0.4, -0.2) is 12.5 Å². The maximum absolute atomic E-state index is 5.61. The maximum atomic E-state index is 5.61. The van der Waals surface area contributed by atoms with Crippen molar-refractivity contribution in [2.24, 2.45) is 10.7 Å². The van der Waals surface area contributed by atoms with Crippen LogP contribution in [0.4, 0.5) is 0 Å². The molecule has 0 aliphatic carbocycles. The first-order chi connectivity index (χ1) is 7.34. The Balaban J connectivity index is 2.06. The van der Waals surface area contributed by atoms with E-state index in [9.17, 15) is 0 Å². The molecule has 1 aromatic carbocycles. The molecule has 0 radical (unpaired) electrons. The number of nitrogens with two attached hydrogens (primary N) is 1. The fraction of sp³-hybridized carbons (Fsp3) is 0.0833. The van der Waals surface area contributed by atoms with Crippen molar-refractivity contribution >= 4 is 12.3 Å². The Morgan fingerprint density at radius 1 is 1.20 bits per heavy atom. The summed E-state index contributed by atoms with van der Waals surface area (Å²) in [7, 11) is 0. The molecule has 0 aromatic heterocycles. The third-order valence-electron chi connectivity index (χ3n) is 2.07. The monoisotopic (exact) mass is 199 g/mol. The van der Waals surface area contributed by atoms with E-state index in [2.05, 4.69) is 10.3 Å². The molecule has 0 fully saturated rings. The number of allylic oxidation sites excluding steroid dienone is 2. The second kappa shape index (κ2) is 4.57. The van der Waals surface area contributed by atoms with E-state index >= 15 is 0 Å². The molecule has 1 aliphatic heterocycles. The van der Waals surface area contributed by atoms with E-state index in [1.165, 1.54) is 0 Å². The predicted octanol–water partition coefficient (Wildman–Crippen LogP) is 1.50. The van der Waals surface area contributed by atoms with Crippen molar-refractivity contribution in [1.29, 1.82) is 0 Å². The molecule has 2 rings (SSSR count). The average Bonchev–Trinajstić information content (AvgIpc) is 2.28. The van der Waals surface area contributed by atoms with Crippen molar-refractivity contribution in [3.63, 3.8) is 0 Å². The Labute approximate surface area is 89.0 Å². The molecule has 15 heavy (non-hydrogen) atoms. The van der Waals surface area contributed by atoms with Crippen LogP contribution in [-0.2, 0) is 0 Å². The van der Waals surface area contributed by atoms with Gasteiger partial charge in [-0.05, 0) is 17.7 Å². The Kier molecular flexibility index (Phi) is 2.95. The summed E-state index contributed by atoms with van der Waals surface area (Å²) >= 11 is 0. The van der Waals surface area contributed by atoms with Gasteiger partial charge in [0.1, 0.15) is 0 Å². The van der Waals surface area contributed by atoms with Crippen LogP contribution in [0.5, 0.6) is 0 Å². The van der Waals surface area contributed by atoms with Crippen molar-refractivity contribution < 1.29 is 0 Å². The van der Waals surface area contributed by atoms with Gasteiger partial charge in [0.15, 0.2) is 6.29 Å². The summed E-state index contributed by atoms with van der Waals surface area (Å²) in [5.41, 5.74) is 7.75. The third-order valence-corrected chi connectivity index (χ3v) is 2.07. The van der Waals surface area contributed by atoms with Gasteiger partial charge in [-0.25, -0.2) is 0 Å². The van der Waals surface area contributed by atoms with E-state index in [0.29, 0.717) is 0 Å². The number of benzene rings is 1. The van der Waals surface area contributed by atoms with Crippen molar-refractivity contribution in [2.75, 3.05) is 0 Å². The zero-order valence-electron chi connectivity index (χ0n) is 8.30. The molecule has 1 aliphatic rings. The van der Waals surface area contributed by atoms with Gasteiger partial charge in [-0.15, -0.1) is 0 Å². The quantitative estimate of drug-likeness (QED) is 0.758. The highest BCUT2D eigenvalue weighted by Crippen LogP contribution is 2.04. The number of aliphatic imine (C=N–C) groups is 1. The van der Waals surface area contributed by atoms with E-state index < -0.39 is 0 Å². The summed E-state index contributed by atoms with van der Waals surface area (Å²) in [5.74, 6) is 0. The second-order valence-electron chi connectivity index (χ2n) is 3.25. The smallest absolute Gasteiger partial charge is 0.171 e. The van der Waals surface area contributed by atoms with E-state index in [1.54, 1.807) is 6.21 Å². The molecule has 0 saturated carbocycles. The summed E-state index contributed by atoms with van der Waals surface area (Å²) < 4.78 is 0. The largest absolute Gasteiger partial charge is 0.352 e. The first-order valence-electron chi connectivity index (χ1n) is 4.83. The minimum Gasteiger partial charge on any atom is -0.352 e. The van der Waals surface area contributed by atoms with E-state index in [-0.39, 0.29) is 6.29 Å². The molecule has 1 heterocycles. The van der Waals surface area contributed by atoms with E-state index in [1.807, 2.05) is 48.6 Å². The molecular weight excluding hydrogens is 186 g/mol. The summed E-state index contributed by atoms with van der Waals surface area (Å²) in [5, 5.41) is 3.04. The zero-order chi connectivity index (χ0) is 10.5. The van der Waals surface area contributed by atoms with Crippen molar-refractivity contribution in [3.8, 4) is 0 Å². The molecule has 76 valence electrons. The number of nitrogens with one attached hydrogen (secondary N) is 1. The van der Waals surface area contributed by atoms with Crippen LogP contribution in [0, 0.1) is 0 Å². The normalized spacial score (nSPS) is 20.1. The van der Waals surface area contributed by atoms with Gasteiger partial charge in [-0.3, -0.25) is 10.7 Å². The molecule has 3 nitrogen and oxygen atoms in total. The van der Waals surface area contributed by atoms with Gasteiger partial charge in [-0.1, -0.05) is 36.4 Å². The number of hydrogen-bond acceptors (Lipinski definition) is 3. The van der Waals surface area contributed by atoms with Crippen LogP contribution >= 0.6 is 0 Å². The first kappa shape index (κ1) is 9.68. The molecule has 3 heteroatoms. The molecular formula is C12H13N3. The molecule has 1 unspecified atom stereocenters. The lowest BCUT2D eigenvalue weighted by Crippen LogP contribution is -2.36. The lowest BCUT2D eigenvalue weighted by atomic mass is 10.2.